The highest BCUT2D eigenvalue weighted by molar-refractivity contribution is 5.99. The Morgan fingerprint density at radius 1 is 1.39 bits per heavy atom. The molecule has 1 fully saturated rings. The van der Waals surface area contributed by atoms with Crippen molar-refractivity contribution in [3.63, 3.8) is 0 Å². The monoisotopic (exact) mass is 326 g/mol. The molecule has 0 spiro atoms. The zero-order chi connectivity index (χ0) is 16.8. The first-order valence-corrected chi connectivity index (χ1v) is 7.53. The number of aryl methyl sites for hydroxylation is 1. The lowest BCUT2D eigenvalue weighted by Crippen LogP contribution is -2.61. The van der Waals surface area contributed by atoms with Gasteiger partial charge in [0.05, 0.1) is 5.92 Å². The van der Waals surface area contributed by atoms with E-state index in [2.05, 4.69) is 5.10 Å². The molecule has 4 nitrogen and oxygen atoms in total. The van der Waals surface area contributed by atoms with E-state index in [1.807, 2.05) is 0 Å². The maximum Gasteiger partial charge on any atom is 0.439 e. The number of carbonyl (C=O) groups excluding carboxylic acids is 1. The van der Waals surface area contributed by atoms with Crippen molar-refractivity contribution >= 4 is 11.6 Å². The van der Waals surface area contributed by atoms with Crippen LogP contribution in [-0.4, -0.2) is 33.6 Å². The van der Waals surface area contributed by atoms with E-state index in [0.29, 0.717) is 12.8 Å². The SMILES string of the molecule is Cc1cccc(C(=O)N2N=C3CCCC[C@H]3[C@]2(O)C(F)(F)F)c1. The molecule has 124 valence electrons. The molecule has 2 atom stereocenters. The minimum Gasteiger partial charge on any atom is -0.362 e. The zero-order valence-electron chi connectivity index (χ0n) is 12.6. The van der Waals surface area contributed by atoms with Crippen molar-refractivity contribution in [1.29, 1.82) is 0 Å². The van der Waals surface area contributed by atoms with Gasteiger partial charge in [0, 0.05) is 11.3 Å². The molecule has 1 aromatic rings. The van der Waals surface area contributed by atoms with Gasteiger partial charge in [-0.05, 0) is 38.3 Å². The summed E-state index contributed by atoms with van der Waals surface area (Å²) in [6, 6.07) is 6.24. The van der Waals surface area contributed by atoms with Crippen LogP contribution in [0.25, 0.3) is 0 Å². The number of hydrogen-bond acceptors (Lipinski definition) is 3. The lowest BCUT2D eigenvalue weighted by Gasteiger charge is -2.38. The van der Waals surface area contributed by atoms with Crippen molar-refractivity contribution in [2.24, 2.45) is 11.0 Å². The predicted molar refractivity (Wildman–Crippen MR) is 77.7 cm³/mol. The smallest absolute Gasteiger partial charge is 0.362 e. The van der Waals surface area contributed by atoms with Crippen LogP contribution in [0.3, 0.4) is 0 Å². The maximum absolute atomic E-state index is 13.6. The van der Waals surface area contributed by atoms with Crippen molar-refractivity contribution in [1.82, 2.24) is 5.01 Å². The van der Waals surface area contributed by atoms with Gasteiger partial charge in [-0.3, -0.25) is 4.79 Å². The maximum atomic E-state index is 13.6. The number of hydrazone groups is 1. The van der Waals surface area contributed by atoms with Gasteiger partial charge in [0.2, 0.25) is 0 Å². The Kier molecular flexibility index (Phi) is 3.71. The zero-order valence-corrected chi connectivity index (χ0v) is 12.6. The van der Waals surface area contributed by atoms with Gasteiger partial charge in [-0.25, -0.2) is 0 Å². The topological polar surface area (TPSA) is 52.9 Å². The summed E-state index contributed by atoms with van der Waals surface area (Å²) in [5.41, 5.74) is -2.17. The molecule has 1 saturated carbocycles. The highest BCUT2D eigenvalue weighted by Gasteiger charge is 2.68. The van der Waals surface area contributed by atoms with Gasteiger partial charge in [-0.2, -0.15) is 23.3 Å². The van der Waals surface area contributed by atoms with Crippen molar-refractivity contribution in [2.45, 2.75) is 44.5 Å². The van der Waals surface area contributed by atoms with Gasteiger partial charge in [-0.15, -0.1) is 0 Å². The summed E-state index contributed by atoms with van der Waals surface area (Å²) in [7, 11) is 0. The number of halogens is 3. The van der Waals surface area contributed by atoms with E-state index in [0.717, 1.165) is 12.0 Å². The Hall–Kier alpha value is -1.89. The van der Waals surface area contributed by atoms with E-state index < -0.39 is 23.7 Å². The standard InChI is InChI=1S/C16H17F3N2O2/c1-10-5-4-6-11(9-10)14(22)21-15(23,16(17,18)19)12-7-2-3-8-13(12)20-21/h4-6,9,12,23H,2-3,7-8H2,1H3/t12-,15+/m1/s1. The van der Waals surface area contributed by atoms with E-state index in [9.17, 15) is 23.1 Å². The third-order valence-electron chi connectivity index (χ3n) is 4.49. The average Bonchev–Trinajstić information content (AvgIpc) is 2.81. The van der Waals surface area contributed by atoms with Crippen molar-refractivity contribution < 1.29 is 23.1 Å². The summed E-state index contributed by atoms with van der Waals surface area (Å²) < 4.78 is 40.8. The molecule has 0 bridgehead atoms. The van der Waals surface area contributed by atoms with Crippen LogP contribution >= 0.6 is 0 Å². The molecule has 1 aliphatic carbocycles. The van der Waals surface area contributed by atoms with Crippen LogP contribution in [0.4, 0.5) is 13.2 Å². The van der Waals surface area contributed by atoms with Crippen LogP contribution in [0.15, 0.2) is 29.4 Å². The van der Waals surface area contributed by atoms with Crippen LogP contribution in [0.5, 0.6) is 0 Å². The Morgan fingerprint density at radius 3 is 2.78 bits per heavy atom. The van der Waals surface area contributed by atoms with Gasteiger partial charge in [-0.1, -0.05) is 24.1 Å². The Balaban J connectivity index is 2.05. The second-order valence-electron chi connectivity index (χ2n) is 6.10. The minimum atomic E-state index is -4.97. The Morgan fingerprint density at radius 2 is 2.13 bits per heavy atom. The molecular formula is C16H17F3N2O2. The van der Waals surface area contributed by atoms with E-state index in [1.165, 1.54) is 12.1 Å². The van der Waals surface area contributed by atoms with Crippen molar-refractivity contribution in [3.8, 4) is 0 Å². The average molecular weight is 326 g/mol. The quantitative estimate of drug-likeness (QED) is 0.861. The first kappa shape index (κ1) is 16.0. The molecule has 0 unspecified atom stereocenters. The van der Waals surface area contributed by atoms with Gasteiger partial charge < -0.3 is 5.11 Å². The fraction of sp³-hybridized carbons (Fsp3) is 0.500. The second-order valence-corrected chi connectivity index (χ2v) is 6.10. The largest absolute Gasteiger partial charge is 0.439 e. The van der Waals surface area contributed by atoms with E-state index in [1.54, 1.807) is 19.1 Å². The molecule has 7 heteroatoms. The second kappa shape index (κ2) is 5.33. The fourth-order valence-electron chi connectivity index (χ4n) is 3.32. The number of fused-ring (bicyclic) bond motifs is 1. The molecular weight excluding hydrogens is 309 g/mol. The minimum absolute atomic E-state index is 0.0793. The van der Waals surface area contributed by atoms with Crippen molar-refractivity contribution in [3.05, 3.63) is 35.4 Å². The first-order valence-electron chi connectivity index (χ1n) is 7.53. The number of alkyl halides is 3. The molecule has 0 radical (unpaired) electrons. The van der Waals surface area contributed by atoms with E-state index in [4.69, 9.17) is 0 Å². The summed E-state index contributed by atoms with van der Waals surface area (Å²) in [6.45, 7) is 1.74. The summed E-state index contributed by atoms with van der Waals surface area (Å²) in [6.07, 6.45) is -3.13. The highest BCUT2D eigenvalue weighted by atomic mass is 19.4. The summed E-state index contributed by atoms with van der Waals surface area (Å²) in [5.74, 6) is -2.11. The Bertz CT molecular complexity index is 672. The molecule has 2 aliphatic rings. The summed E-state index contributed by atoms with van der Waals surface area (Å²) in [5, 5.41) is 14.6. The molecule has 0 aromatic heterocycles. The molecule has 1 aromatic carbocycles. The fourth-order valence-corrected chi connectivity index (χ4v) is 3.32. The molecule has 1 N–H and O–H groups in total. The van der Waals surface area contributed by atoms with Gasteiger partial charge in [0.15, 0.2) is 0 Å². The third-order valence-corrected chi connectivity index (χ3v) is 4.49. The summed E-state index contributed by atoms with van der Waals surface area (Å²) >= 11 is 0. The molecule has 0 saturated heterocycles. The molecule has 1 aliphatic heterocycles. The Labute approximate surface area is 131 Å². The number of rotatable bonds is 1. The van der Waals surface area contributed by atoms with Crippen LogP contribution < -0.4 is 0 Å². The number of carbonyl (C=O) groups is 1. The van der Waals surface area contributed by atoms with Gasteiger partial charge >= 0.3 is 6.18 Å². The van der Waals surface area contributed by atoms with Crippen LogP contribution in [0.2, 0.25) is 0 Å². The van der Waals surface area contributed by atoms with Crippen molar-refractivity contribution in [2.75, 3.05) is 0 Å². The van der Waals surface area contributed by atoms with Gasteiger partial charge in [0.1, 0.15) is 0 Å². The third kappa shape index (κ3) is 2.43. The first-order chi connectivity index (χ1) is 10.7. The number of aliphatic hydroxyl groups is 1. The highest BCUT2D eigenvalue weighted by Crippen LogP contribution is 2.48. The van der Waals surface area contributed by atoms with Crippen LogP contribution in [0.1, 0.15) is 41.6 Å². The molecule has 23 heavy (non-hydrogen) atoms. The lowest BCUT2D eigenvalue weighted by atomic mass is 9.80. The van der Waals surface area contributed by atoms with Crippen LogP contribution in [0, 0.1) is 12.8 Å². The number of nitrogens with zero attached hydrogens (tertiary/aromatic N) is 2. The summed E-state index contributed by atoms with van der Waals surface area (Å²) in [4.78, 5) is 12.6. The van der Waals surface area contributed by atoms with E-state index >= 15 is 0 Å². The number of benzene rings is 1. The van der Waals surface area contributed by atoms with Crippen LogP contribution in [-0.2, 0) is 0 Å². The number of hydrogen-bond donors (Lipinski definition) is 1. The van der Waals surface area contributed by atoms with E-state index in [-0.39, 0.29) is 22.7 Å². The lowest BCUT2D eigenvalue weighted by molar-refractivity contribution is -0.312. The molecule has 1 heterocycles. The molecule has 3 rings (SSSR count). The normalized spacial score (nSPS) is 27.6. The van der Waals surface area contributed by atoms with Gasteiger partial charge in [0.25, 0.3) is 11.6 Å². The predicted octanol–water partition coefficient (Wildman–Crippen LogP) is 3.25. The number of amides is 1. The molecule has 1 amide bonds.